The van der Waals surface area contributed by atoms with Gasteiger partial charge in [-0.1, -0.05) is 40.4 Å². The lowest BCUT2D eigenvalue weighted by Gasteiger charge is -2.00. The van der Waals surface area contributed by atoms with Gasteiger partial charge in [0, 0.05) is 12.6 Å². The molecule has 0 spiro atoms. The van der Waals surface area contributed by atoms with Crippen molar-refractivity contribution in [2.75, 3.05) is 5.32 Å². The van der Waals surface area contributed by atoms with E-state index in [2.05, 4.69) is 30.8 Å². The topological polar surface area (TPSA) is 91.4 Å². The van der Waals surface area contributed by atoms with Crippen molar-refractivity contribution >= 4 is 65.3 Å². The first-order valence-electron chi connectivity index (χ1n) is 8.73. The molecule has 0 aliphatic rings. The summed E-state index contributed by atoms with van der Waals surface area (Å²) in [6, 6.07) is 17.0. The molecule has 0 bridgehead atoms. The molecule has 0 unspecified atom stereocenters. The van der Waals surface area contributed by atoms with Crippen molar-refractivity contribution in [1.82, 2.24) is 4.98 Å². The number of thiazole rings is 1. The van der Waals surface area contributed by atoms with Crippen molar-refractivity contribution in [3.63, 3.8) is 0 Å². The second kappa shape index (κ2) is 8.38. The number of fused-ring (bicyclic) bond motifs is 1. The van der Waals surface area contributed by atoms with E-state index in [-0.39, 0.29) is 5.91 Å². The summed E-state index contributed by atoms with van der Waals surface area (Å²) in [6.45, 7) is 3.51. The van der Waals surface area contributed by atoms with Crippen LogP contribution >= 0.6 is 22.7 Å². The monoisotopic (exact) mass is 420 g/mol. The lowest BCUT2D eigenvalue weighted by Crippen LogP contribution is -2.04. The molecule has 0 fully saturated rings. The number of benzene rings is 2. The first-order chi connectivity index (χ1) is 14.0. The first kappa shape index (κ1) is 19.0. The highest BCUT2D eigenvalue weighted by Crippen LogP contribution is 2.39. The van der Waals surface area contributed by atoms with Gasteiger partial charge in [-0.05, 0) is 49.4 Å². The van der Waals surface area contributed by atoms with Crippen LogP contribution in [0.4, 0.5) is 27.2 Å². The third-order valence-electron chi connectivity index (χ3n) is 3.80. The summed E-state index contributed by atoms with van der Waals surface area (Å²) in [6.07, 6.45) is 0. The Morgan fingerprint density at radius 1 is 0.897 bits per heavy atom. The van der Waals surface area contributed by atoms with Crippen molar-refractivity contribution in [3.8, 4) is 0 Å². The molecule has 2 aromatic heterocycles. The van der Waals surface area contributed by atoms with E-state index in [9.17, 15) is 4.79 Å². The SMILES string of the molecule is CC(=O)Nc1ccc(N=Nc2nc3sc(N=Nc4ccc(C)cc4)cc3s2)cc1. The van der Waals surface area contributed by atoms with Crippen LogP contribution in [0.25, 0.3) is 9.53 Å². The van der Waals surface area contributed by atoms with Gasteiger partial charge in [0.1, 0.15) is 9.83 Å². The molecule has 4 aromatic rings. The zero-order chi connectivity index (χ0) is 20.2. The highest BCUT2D eigenvalue weighted by molar-refractivity contribution is 7.30. The minimum atomic E-state index is -0.111. The van der Waals surface area contributed by atoms with Crippen molar-refractivity contribution in [2.45, 2.75) is 13.8 Å². The molecule has 0 aliphatic carbocycles. The normalized spacial score (nSPS) is 11.7. The van der Waals surface area contributed by atoms with Gasteiger partial charge in [-0.25, -0.2) is 4.98 Å². The third kappa shape index (κ3) is 4.95. The molecule has 0 atom stereocenters. The number of azo groups is 2. The zero-order valence-corrected chi connectivity index (χ0v) is 17.3. The van der Waals surface area contributed by atoms with E-state index >= 15 is 0 Å². The zero-order valence-electron chi connectivity index (χ0n) is 15.7. The van der Waals surface area contributed by atoms with E-state index in [0.29, 0.717) is 10.8 Å². The number of hydrogen-bond acceptors (Lipinski definition) is 8. The number of aromatic nitrogens is 1. The molecule has 0 aliphatic heterocycles. The second-order valence-corrected chi connectivity index (χ2v) is 8.23. The number of thiophene rings is 1. The minimum Gasteiger partial charge on any atom is -0.326 e. The highest BCUT2D eigenvalue weighted by Gasteiger charge is 2.08. The molecule has 4 rings (SSSR count). The van der Waals surface area contributed by atoms with Gasteiger partial charge in [0.05, 0.1) is 16.1 Å². The van der Waals surface area contributed by atoms with E-state index in [4.69, 9.17) is 0 Å². The lowest BCUT2D eigenvalue weighted by molar-refractivity contribution is -0.114. The largest absolute Gasteiger partial charge is 0.326 e. The maximum atomic E-state index is 11.0. The number of anilines is 1. The number of amides is 1. The molecule has 0 radical (unpaired) electrons. The van der Waals surface area contributed by atoms with Crippen LogP contribution in [0.5, 0.6) is 0 Å². The number of hydrogen-bond donors (Lipinski definition) is 1. The summed E-state index contributed by atoms with van der Waals surface area (Å²) in [4.78, 5) is 16.4. The molecule has 0 saturated carbocycles. The molecule has 1 N–H and O–H groups in total. The lowest BCUT2D eigenvalue weighted by atomic mass is 10.2. The average Bonchev–Trinajstić information content (AvgIpc) is 3.25. The molecule has 144 valence electrons. The van der Waals surface area contributed by atoms with E-state index in [0.717, 1.165) is 25.9 Å². The van der Waals surface area contributed by atoms with Gasteiger partial charge in [-0.3, -0.25) is 4.79 Å². The highest BCUT2D eigenvalue weighted by atomic mass is 32.1. The molecule has 2 aromatic carbocycles. The van der Waals surface area contributed by atoms with Crippen LogP contribution in [-0.2, 0) is 4.79 Å². The third-order valence-corrected chi connectivity index (χ3v) is 5.73. The number of aryl methyl sites for hydroxylation is 1. The number of rotatable bonds is 5. The fourth-order valence-corrected chi connectivity index (χ4v) is 4.29. The van der Waals surface area contributed by atoms with E-state index < -0.39 is 0 Å². The molecule has 29 heavy (non-hydrogen) atoms. The van der Waals surface area contributed by atoms with Gasteiger partial charge in [-0.15, -0.1) is 20.5 Å². The maximum absolute atomic E-state index is 11.0. The molecule has 2 heterocycles. The van der Waals surface area contributed by atoms with Crippen molar-refractivity contribution < 1.29 is 4.79 Å². The standard InChI is InChI=1S/C20H16N6OS2/c1-12-3-5-15(6-4-12)23-25-18-11-17-19(29-18)22-20(28-17)26-24-16-9-7-14(8-10-16)21-13(2)27/h3-11H,1-2H3,(H,21,27). The Morgan fingerprint density at radius 2 is 1.55 bits per heavy atom. The summed E-state index contributed by atoms with van der Waals surface area (Å²) in [5, 5.41) is 21.1. The number of nitrogens with zero attached hydrogens (tertiary/aromatic N) is 5. The predicted molar refractivity (Wildman–Crippen MR) is 118 cm³/mol. The van der Waals surface area contributed by atoms with Gasteiger partial charge >= 0.3 is 0 Å². The number of carbonyl (C=O) groups is 1. The van der Waals surface area contributed by atoms with E-state index in [1.54, 1.807) is 24.3 Å². The van der Waals surface area contributed by atoms with Crippen LogP contribution in [0.2, 0.25) is 0 Å². The van der Waals surface area contributed by atoms with Gasteiger partial charge in [0.2, 0.25) is 11.0 Å². The quantitative estimate of drug-likeness (QED) is 0.339. The van der Waals surface area contributed by atoms with E-state index in [1.807, 2.05) is 37.3 Å². The van der Waals surface area contributed by atoms with Crippen molar-refractivity contribution in [2.24, 2.45) is 20.5 Å². The summed E-state index contributed by atoms with van der Waals surface area (Å²) in [7, 11) is 0. The smallest absolute Gasteiger partial charge is 0.231 e. The van der Waals surface area contributed by atoms with E-state index in [1.165, 1.54) is 35.2 Å². The van der Waals surface area contributed by atoms with Gasteiger partial charge in [0.25, 0.3) is 0 Å². The van der Waals surface area contributed by atoms with Crippen LogP contribution in [-0.4, -0.2) is 10.9 Å². The Bertz CT molecular complexity index is 1170. The van der Waals surface area contributed by atoms with Crippen molar-refractivity contribution in [3.05, 3.63) is 60.2 Å². The van der Waals surface area contributed by atoms with Gasteiger partial charge in [-0.2, -0.15) is 0 Å². The Hall–Kier alpha value is -3.30. The van der Waals surface area contributed by atoms with Gasteiger partial charge < -0.3 is 5.32 Å². The molecular formula is C20H16N6OS2. The Balaban J connectivity index is 1.44. The minimum absolute atomic E-state index is 0.111. The van der Waals surface area contributed by atoms with Crippen LogP contribution < -0.4 is 5.32 Å². The molecule has 7 nitrogen and oxygen atoms in total. The van der Waals surface area contributed by atoms with Crippen LogP contribution in [0.15, 0.2) is 75.1 Å². The maximum Gasteiger partial charge on any atom is 0.231 e. The predicted octanol–water partition coefficient (Wildman–Crippen LogP) is 7.46. The summed E-state index contributed by atoms with van der Waals surface area (Å²) < 4.78 is 1.00. The van der Waals surface area contributed by atoms with Gasteiger partial charge in [0.15, 0.2) is 0 Å². The summed E-state index contributed by atoms with van der Waals surface area (Å²) >= 11 is 2.92. The fourth-order valence-electron chi connectivity index (χ4n) is 2.44. The second-order valence-electron chi connectivity index (χ2n) is 6.21. The number of carbonyl (C=O) groups excluding carboxylic acids is 1. The van der Waals surface area contributed by atoms with Crippen LogP contribution in [0.1, 0.15) is 12.5 Å². The molecule has 9 heteroatoms. The first-order valence-corrected chi connectivity index (χ1v) is 10.4. The Kier molecular flexibility index (Phi) is 5.50. The molecule has 0 saturated heterocycles. The average molecular weight is 421 g/mol. The number of nitrogens with one attached hydrogen (secondary N) is 1. The van der Waals surface area contributed by atoms with Crippen LogP contribution in [0, 0.1) is 6.92 Å². The fraction of sp³-hybridized carbons (Fsp3) is 0.100. The summed E-state index contributed by atoms with van der Waals surface area (Å²) in [5.41, 5.74) is 3.42. The molecular weight excluding hydrogens is 404 g/mol. The van der Waals surface area contributed by atoms with Crippen LogP contribution in [0.3, 0.4) is 0 Å². The van der Waals surface area contributed by atoms with Crippen molar-refractivity contribution in [1.29, 1.82) is 0 Å². The Labute approximate surface area is 174 Å². The summed E-state index contributed by atoms with van der Waals surface area (Å²) in [5.74, 6) is -0.111. The molecule has 1 amide bonds. The Morgan fingerprint density at radius 3 is 2.21 bits per heavy atom.